The summed E-state index contributed by atoms with van der Waals surface area (Å²) >= 11 is 0. The quantitative estimate of drug-likeness (QED) is 0.801. The smallest absolute Gasteiger partial charge is 0.324 e. The van der Waals surface area contributed by atoms with Gasteiger partial charge in [0, 0.05) is 0 Å². The average molecular weight is 324 g/mol. The third-order valence-electron chi connectivity index (χ3n) is 4.21. The van der Waals surface area contributed by atoms with Crippen LogP contribution in [-0.4, -0.2) is 34.5 Å². The largest absolute Gasteiger partial charge is 0.387 e. The van der Waals surface area contributed by atoms with E-state index in [0.717, 1.165) is 10.5 Å². The maximum atomic E-state index is 12.4. The van der Waals surface area contributed by atoms with E-state index in [1.807, 2.05) is 48.5 Å². The Labute approximate surface area is 140 Å². The van der Waals surface area contributed by atoms with Crippen molar-refractivity contribution >= 4 is 11.9 Å². The first-order valence-electron chi connectivity index (χ1n) is 8.04. The zero-order valence-corrected chi connectivity index (χ0v) is 13.3. The van der Waals surface area contributed by atoms with Gasteiger partial charge >= 0.3 is 6.03 Å². The summed E-state index contributed by atoms with van der Waals surface area (Å²) in [6.45, 7) is -0.0312. The Morgan fingerprint density at radius 2 is 1.62 bits per heavy atom. The van der Waals surface area contributed by atoms with Crippen LogP contribution >= 0.6 is 0 Å². The molecule has 2 atom stereocenters. The van der Waals surface area contributed by atoms with Crippen LogP contribution in [0.25, 0.3) is 0 Å². The summed E-state index contributed by atoms with van der Waals surface area (Å²) in [6.07, 6.45) is 0.382. The third-order valence-corrected chi connectivity index (χ3v) is 4.21. The first kappa shape index (κ1) is 16.2. The molecule has 3 amide bonds. The molecule has 1 heterocycles. The fourth-order valence-electron chi connectivity index (χ4n) is 2.85. The number of aryl methyl sites for hydroxylation is 1. The van der Waals surface area contributed by atoms with Gasteiger partial charge in [-0.15, -0.1) is 0 Å². The molecule has 5 nitrogen and oxygen atoms in total. The van der Waals surface area contributed by atoms with Crippen LogP contribution in [0.15, 0.2) is 60.7 Å². The van der Waals surface area contributed by atoms with Gasteiger partial charge in [0.1, 0.15) is 6.04 Å². The van der Waals surface area contributed by atoms with E-state index in [-0.39, 0.29) is 12.5 Å². The normalized spacial score (nSPS) is 18.5. The predicted octanol–water partition coefficient (Wildman–Crippen LogP) is 2.27. The van der Waals surface area contributed by atoms with Crippen molar-refractivity contribution in [3.8, 4) is 0 Å². The number of hydrogen-bond acceptors (Lipinski definition) is 3. The van der Waals surface area contributed by atoms with Crippen molar-refractivity contribution in [3.05, 3.63) is 71.8 Å². The summed E-state index contributed by atoms with van der Waals surface area (Å²) in [7, 11) is 0. The minimum absolute atomic E-state index is 0.0312. The van der Waals surface area contributed by atoms with E-state index in [1.165, 1.54) is 0 Å². The minimum Gasteiger partial charge on any atom is -0.387 e. The molecule has 0 spiro atoms. The highest BCUT2D eigenvalue weighted by atomic mass is 16.3. The molecular formula is C19H20N2O3. The zero-order valence-electron chi connectivity index (χ0n) is 13.3. The van der Waals surface area contributed by atoms with Crippen LogP contribution < -0.4 is 5.32 Å². The number of benzene rings is 2. The minimum atomic E-state index is -0.881. The van der Waals surface area contributed by atoms with E-state index in [4.69, 9.17) is 0 Å². The number of nitrogens with one attached hydrogen (secondary N) is 1. The Morgan fingerprint density at radius 1 is 1.00 bits per heavy atom. The van der Waals surface area contributed by atoms with Crippen LogP contribution in [0.2, 0.25) is 0 Å². The van der Waals surface area contributed by atoms with E-state index < -0.39 is 18.2 Å². The Morgan fingerprint density at radius 3 is 2.29 bits per heavy atom. The molecule has 1 saturated heterocycles. The van der Waals surface area contributed by atoms with Crippen LogP contribution in [0.4, 0.5) is 4.79 Å². The molecule has 2 aromatic rings. The van der Waals surface area contributed by atoms with Crippen molar-refractivity contribution < 1.29 is 14.7 Å². The summed E-state index contributed by atoms with van der Waals surface area (Å²) in [5.74, 6) is -0.272. The number of urea groups is 1. The van der Waals surface area contributed by atoms with Crippen molar-refractivity contribution in [1.82, 2.24) is 10.2 Å². The van der Waals surface area contributed by atoms with Gasteiger partial charge in [-0.2, -0.15) is 0 Å². The standard InChI is InChI=1S/C19H20N2O3/c22-17(15-9-5-2-6-10-15)13-21-18(23)16(20-19(21)24)12-11-14-7-3-1-4-8-14/h1-10,16-17,22H,11-13H2,(H,20,24)/t16-,17+/m1/s1. The van der Waals surface area contributed by atoms with Gasteiger partial charge in [-0.1, -0.05) is 60.7 Å². The molecule has 1 aliphatic rings. The van der Waals surface area contributed by atoms with Crippen molar-refractivity contribution in [2.45, 2.75) is 25.0 Å². The van der Waals surface area contributed by atoms with Gasteiger partial charge in [0.25, 0.3) is 5.91 Å². The van der Waals surface area contributed by atoms with E-state index in [1.54, 1.807) is 12.1 Å². The van der Waals surface area contributed by atoms with Crippen LogP contribution in [0.1, 0.15) is 23.7 Å². The highest BCUT2D eigenvalue weighted by Crippen LogP contribution is 2.18. The van der Waals surface area contributed by atoms with E-state index >= 15 is 0 Å². The van der Waals surface area contributed by atoms with Gasteiger partial charge in [-0.3, -0.25) is 9.69 Å². The second-order valence-corrected chi connectivity index (χ2v) is 5.90. The van der Waals surface area contributed by atoms with Crippen LogP contribution in [-0.2, 0) is 11.2 Å². The summed E-state index contributed by atoms with van der Waals surface area (Å²) in [5.41, 5.74) is 1.81. The van der Waals surface area contributed by atoms with E-state index in [2.05, 4.69) is 5.32 Å². The fraction of sp³-hybridized carbons (Fsp3) is 0.263. The molecule has 1 aliphatic heterocycles. The van der Waals surface area contributed by atoms with E-state index in [9.17, 15) is 14.7 Å². The van der Waals surface area contributed by atoms with Gasteiger partial charge in [0.05, 0.1) is 12.6 Å². The maximum Gasteiger partial charge on any atom is 0.324 e. The first-order chi connectivity index (χ1) is 11.6. The summed E-state index contributed by atoms with van der Waals surface area (Å²) in [6, 6.07) is 17.9. The number of rotatable bonds is 6. The van der Waals surface area contributed by atoms with Crippen molar-refractivity contribution in [1.29, 1.82) is 0 Å². The lowest BCUT2D eigenvalue weighted by atomic mass is 10.1. The number of carbonyl (C=O) groups is 2. The first-order valence-corrected chi connectivity index (χ1v) is 8.04. The second-order valence-electron chi connectivity index (χ2n) is 5.90. The summed E-state index contributed by atoms with van der Waals surface area (Å²) < 4.78 is 0. The molecule has 0 aliphatic carbocycles. The van der Waals surface area contributed by atoms with Crippen molar-refractivity contribution in [2.24, 2.45) is 0 Å². The molecule has 2 N–H and O–H groups in total. The third kappa shape index (κ3) is 3.63. The lowest BCUT2D eigenvalue weighted by Gasteiger charge is -2.18. The lowest BCUT2D eigenvalue weighted by molar-refractivity contribution is -0.128. The van der Waals surface area contributed by atoms with Crippen LogP contribution in [0, 0.1) is 0 Å². The number of aliphatic hydroxyl groups excluding tert-OH is 1. The monoisotopic (exact) mass is 324 g/mol. The molecule has 3 rings (SSSR count). The van der Waals surface area contributed by atoms with Gasteiger partial charge in [0.2, 0.25) is 0 Å². The zero-order chi connectivity index (χ0) is 16.9. The van der Waals surface area contributed by atoms with Crippen LogP contribution in [0.3, 0.4) is 0 Å². The van der Waals surface area contributed by atoms with Crippen molar-refractivity contribution in [2.75, 3.05) is 6.54 Å². The molecule has 0 saturated carbocycles. The Hall–Kier alpha value is -2.66. The fourth-order valence-corrected chi connectivity index (χ4v) is 2.85. The molecule has 5 heteroatoms. The Kier molecular flexibility index (Phi) is 4.91. The highest BCUT2D eigenvalue weighted by Gasteiger charge is 2.38. The number of hydrogen-bond donors (Lipinski definition) is 2. The lowest BCUT2D eigenvalue weighted by Crippen LogP contribution is -2.35. The van der Waals surface area contributed by atoms with Gasteiger partial charge in [-0.25, -0.2) is 4.79 Å². The number of imide groups is 1. The molecule has 124 valence electrons. The predicted molar refractivity (Wildman–Crippen MR) is 90.2 cm³/mol. The number of nitrogens with zero attached hydrogens (tertiary/aromatic N) is 1. The Balaban J connectivity index is 1.59. The Bertz CT molecular complexity index is 703. The second kappa shape index (κ2) is 7.27. The molecular weight excluding hydrogens is 304 g/mol. The van der Waals surface area contributed by atoms with Crippen molar-refractivity contribution in [3.63, 3.8) is 0 Å². The average Bonchev–Trinajstić information content (AvgIpc) is 2.89. The number of aliphatic hydroxyl groups is 1. The molecule has 24 heavy (non-hydrogen) atoms. The number of β-amino-alcohol motifs (C(OH)–C–C–N with tert-alkyl or cyclic N) is 1. The highest BCUT2D eigenvalue weighted by molar-refractivity contribution is 6.04. The molecule has 2 aromatic carbocycles. The molecule has 0 unspecified atom stereocenters. The number of amides is 3. The van der Waals surface area contributed by atoms with Gasteiger partial charge in [0.15, 0.2) is 0 Å². The molecule has 0 aromatic heterocycles. The molecule has 1 fully saturated rings. The number of carbonyl (C=O) groups excluding carboxylic acids is 2. The maximum absolute atomic E-state index is 12.4. The van der Waals surface area contributed by atoms with Crippen LogP contribution in [0.5, 0.6) is 0 Å². The summed E-state index contributed by atoms with van der Waals surface area (Å²) in [5, 5.41) is 12.9. The topological polar surface area (TPSA) is 69.6 Å². The summed E-state index contributed by atoms with van der Waals surface area (Å²) in [4.78, 5) is 25.6. The van der Waals surface area contributed by atoms with Gasteiger partial charge < -0.3 is 10.4 Å². The molecule has 0 radical (unpaired) electrons. The SMILES string of the molecule is O=C1N[C@H](CCc2ccccc2)C(=O)N1C[C@H](O)c1ccccc1. The van der Waals surface area contributed by atoms with Gasteiger partial charge in [-0.05, 0) is 24.0 Å². The van der Waals surface area contributed by atoms with E-state index in [0.29, 0.717) is 18.4 Å². The molecule has 0 bridgehead atoms.